The molecule has 1 aromatic carbocycles. The lowest BCUT2D eigenvalue weighted by Crippen LogP contribution is -2.55. The van der Waals surface area contributed by atoms with Crippen LogP contribution in [0.5, 0.6) is 0 Å². The maximum atomic E-state index is 12.6. The minimum Gasteiger partial charge on any atom is -0.399 e. The summed E-state index contributed by atoms with van der Waals surface area (Å²) in [7, 11) is 0. The molecule has 0 bridgehead atoms. The first-order chi connectivity index (χ1) is 10.7. The number of nitrogens with one attached hydrogen (secondary N) is 2. The van der Waals surface area contributed by atoms with E-state index in [9.17, 15) is 14.4 Å². The van der Waals surface area contributed by atoms with E-state index in [1.54, 1.807) is 24.3 Å². The fourth-order valence-electron chi connectivity index (χ4n) is 2.09. The Hall–Kier alpha value is -2.57. The zero-order chi connectivity index (χ0) is 17.2. The number of amides is 3. The van der Waals surface area contributed by atoms with Gasteiger partial charge in [0.05, 0.1) is 0 Å². The average molecular weight is 318 g/mol. The van der Waals surface area contributed by atoms with Crippen molar-refractivity contribution in [1.29, 1.82) is 0 Å². The van der Waals surface area contributed by atoms with Crippen molar-refractivity contribution >= 4 is 23.4 Å². The van der Waals surface area contributed by atoms with E-state index in [1.807, 2.05) is 0 Å². The van der Waals surface area contributed by atoms with Gasteiger partial charge < -0.3 is 22.1 Å². The van der Waals surface area contributed by atoms with Gasteiger partial charge in [-0.05, 0) is 44.4 Å². The van der Waals surface area contributed by atoms with Crippen LogP contribution in [0.25, 0.3) is 0 Å². The van der Waals surface area contributed by atoms with E-state index < -0.39 is 23.4 Å². The molecule has 2 rings (SSSR count). The maximum absolute atomic E-state index is 12.6. The fourth-order valence-corrected chi connectivity index (χ4v) is 2.09. The lowest BCUT2D eigenvalue weighted by molar-refractivity contribution is -0.133. The zero-order valence-electron chi connectivity index (χ0n) is 13.3. The van der Waals surface area contributed by atoms with Crippen molar-refractivity contribution in [3.05, 3.63) is 29.8 Å². The van der Waals surface area contributed by atoms with Gasteiger partial charge in [0.25, 0.3) is 0 Å². The fraction of sp³-hybridized carbons (Fsp3) is 0.438. The molecular formula is C16H22N4O3. The molecule has 0 saturated heterocycles. The van der Waals surface area contributed by atoms with Crippen molar-refractivity contribution in [2.24, 2.45) is 11.7 Å². The molecule has 1 saturated carbocycles. The van der Waals surface area contributed by atoms with Crippen LogP contribution in [0.15, 0.2) is 24.3 Å². The number of hydrogen-bond acceptors (Lipinski definition) is 4. The predicted octanol–water partition coefficient (Wildman–Crippen LogP) is 0.216. The topological polar surface area (TPSA) is 127 Å². The Morgan fingerprint density at radius 2 is 1.91 bits per heavy atom. The molecular weight excluding hydrogens is 296 g/mol. The van der Waals surface area contributed by atoms with Crippen molar-refractivity contribution in [1.82, 2.24) is 10.6 Å². The van der Waals surface area contributed by atoms with E-state index in [1.165, 1.54) is 13.8 Å². The molecule has 7 heteroatoms. The van der Waals surface area contributed by atoms with Crippen LogP contribution in [0.1, 0.15) is 38.3 Å². The Labute approximate surface area is 134 Å². The molecule has 1 aliphatic rings. The summed E-state index contributed by atoms with van der Waals surface area (Å²) in [5.74, 6) is -1.39. The lowest BCUT2D eigenvalue weighted by atomic mass is 10.0. The summed E-state index contributed by atoms with van der Waals surface area (Å²) >= 11 is 0. The van der Waals surface area contributed by atoms with Crippen molar-refractivity contribution in [3.63, 3.8) is 0 Å². The molecule has 124 valence electrons. The Kier molecular flexibility index (Phi) is 4.58. The molecule has 23 heavy (non-hydrogen) atoms. The van der Waals surface area contributed by atoms with Gasteiger partial charge >= 0.3 is 0 Å². The van der Waals surface area contributed by atoms with E-state index in [2.05, 4.69) is 10.6 Å². The smallest absolute Gasteiger partial charge is 0.248 e. The number of nitrogen functional groups attached to an aromatic ring is 1. The normalized spacial score (nSPS) is 15.6. The molecule has 6 N–H and O–H groups in total. The molecule has 0 heterocycles. The molecule has 0 aliphatic heterocycles. The summed E-state index contributed by atoms with van der Waals surface area (Å²) in [5.41, 5.74) is 10.8. The standard InChI is InChI=1S/C16H22N4O3/c1-16(2,15(18)23)20-14(22)12(19-13(21)9-6-7-9)10-4-3-5-11(17)8-10/h3-5,8-9,12H,6-7,17H2,1-2H3,(H2,18,23)(H,19,21)(H,20,22). The van der Waals surface area contributed by atoms with E-state index in [0.717, 1.165) is 12.8 Å². The van der Waals surface area contributed by atoms with Crippen molar-refractivity contribution < 1.29 is 14.4 Å². The van der Waals surface area contributed by atoms with Gasteiger partial charge in [0.2, 0.25) is 17.7 Å². The van der Waals surface area contributed by atoms with Gasteiger partial charge in [0, 0.05) is 11.6 Å². The molecule has 3 amide bonds. The second kappa shape index (κ2) is 6.28. The zero-order valence-corrected chi connectivity index (χ0v) is 13.3. The summed E-state index contributed by atoms with van der Waals surface area (Å²) in [4.78, 5) is 36.1. The first kappa shape index (κ1) is 16.8. The first-order valence-electron chi connectivity index (χ1n) is 7.48. The van der Waals surface area contributed by atoms with E-state index >= 15 is 0 Å². The van der Waals surface area contributed by atoms with Gasteiger partial charge in [-0.15, -0.1) is 0 Å². The molecule has 0 spiro atoms. The maximum Gasteiger partial charge on any atom is 0.248 e. The van der Waals surface area contributed by atoms with Crippen molar-refractivity contribution in [3.8, 4) is 0 Å². The molecule has 1 aliphatic carbocycles. The SMILES string of the molecule is CC(C)(NC(=O)C(NC(=O)C1CC1)c1cccc(N)c1)C(N)=O. The van der Waals surface area contributed by atoms with Gasteiger partial charge in [-0.1, -0.05) is 12.1 Å². The number of rotatable bonds is 6. The van der Waals surface area contributed by atoms with Crippen molar-refractivity contribution in [2.45, 2.75) is 38.3 Å². The van der Waals surface area contributed by atoms with Crippen LogP contribution in [0.2, 0.25) is 0 Å². The molecule has 1 atom stereocenters. The van der Waals surface area contributed by atoms with Crippen LogP contribution in [0.3, 0.4) is 0 Å². The number of primary amides is 1. The number of benzene rings is 1. The van der Waals surface area contributed by atoms with E-state index in [4.69, 9.17) is 11.5 Å². The summed E-state index contributed by atoms with van der Waals surface area (Å²) < 4.78 is 0. The Balaban J connectivity index is 2.23. The van der Waals surface area contributed by atoms with Gasteiger partial charge in [-0.3, -0.25) is 14.4 Å². The van der Waals surface area contributed by atoms with Gasteiger partial charge in [-0.2, -0.15) is 0 Å². The van der Waals surface area contributed by atoms with E-state index in [-0.39, 0.29) is 11.8 Å². The minimum atomic E-state index is -1.22. The quantitative estimate of drug-likeness (QED) is 0.559. The van der Waals surface area contributed by atoms with Gasteiger partial charge in [-0.25, -0.2) is 0 Å². The number of nitrogens with two attached hydrogens (primary N) is 2. The first-order valence-corrected chi connectivity index (χ1v) is 7.48. The highest BCUT2D eigenvalue weighted by Gasteiger charge is 2.35. The molecule has 7 nitrogen and oxygen atoms in total. The Morgan fingerprint density at radius 3 is 2.43 bits per heavy atom. The molecule has 1 aromatic rings. The highest BCUT2D eigenvalue weighted by molar-refractivity contribution is 5.94. The number of carbonyl (C=O) groups excluding carboxylic acids is 3. The van der Waals surface area contributed by atoms with E-state index in [0.29, 0.717) is 11.3 Å². The van der Waals surface area contributed by atoms with Crippen LogP contribution in [-0.2, 0) is 14.4 Å². The summed E-state index contributed by atoms with van der Waals surface area (Å²) in [6.07, 6.45) is 1.65. The summed E-state index contributed by atoms with van der Waals surface area (Å²) in [6, 6.07) is 5.78. The highest BCUT2D eigenvalue weighted by Crippen LogP contribution is 2.30. The van der Waals surface area contributed by atoms with Crippen LogP contribution >= 0.6 is 0 Å². The summed E-state index contributed by atoms with van der Waals surface area (Å²) in [6.45, 7) is 3.01. The largest absolute Gasteiger partial charge is 0.399 e. The third kappa shape index (κ3) is 4.21. The summed E-state index contributed by atoms with van der Waals surface area (Å²) in [5, 5.41) is 5.29. The van der Waals surface area contributed by atoms with Gasteiger partial charge in [0.1, 0.15) is 11.6 Å². The third-order valence-electron chi connectivity index (χ3n) is 3.79. The number of anilines is 1. The van der Waals surface area contributed by atoms with Crippen LogP contribution in [0.4, 0.5) is 5.69 Å². The van der Waals surface area contributed by atoms with Crippen LogP contribution in [0, 0.1) is 5.92 Å². The van der Waals surface area contributed by atoms with Gasteiger partial charge in [0.15, 0.2) is 0 Å². The minimum absolute atomic E-state index is 0.0458. The Bertz CT molecular complexity index is 638. The average Bonchev–Trinajstić information content (AvgIpc) is 3.28. The lowest BCUT2D eigenvalue weighted by Gasteiger charge is -2.26. The number of carbonyl (C=O) groups is 3. The highest BCUT2D eigenvalue weighted by atomic mass is 16.2. The molecule has 1 fully saturated rings. The number of hydrogen-bond donors (Lipinski definition) is 4. The second-order valence-electron chi connectivity index (χ2n) is 6.36. The monoisotopic (exact) mass is 318 g/mol. The third-order valence-corrected chi connectivity index (χ3v) is 3.79. The van der Waals surface area contributed by atoms with Crippen LogP contribution < -0.4 is 22.1 Å². The van der Waals surface area contributed by atoms with Crippen molar-refractivity contribution in [2.75, 3.05) is 5.73 Å². The molecule has 0 radical (unpaired) electrons. The van der Waals surface area contributed by atoms with Crippen LogP contribution in [-0.4, -0.2) is 23.3 Å². The predicted molar refractivity (Wildman–Crippen MR) is 85.9 cm³/mol. The Morgan fingerprint density at radius 1 is 1.26 bits per heavy atom. The second-order valence-corrected chi connectivity index (χ2v) is 6.36. The molecule has 0 aromatic heterocycles. The molecule has 1 unspecified atom stereocenters.